The number of amides is 1. The van der Waals surface area contributed by atoms with Gasteiger partial charge in [0.15, 0.2) is 5.82 Å². The van der Waals surface area contributed by atoms with Crippen LogP contribution in [0, 0.1) is 17.1 Å². The van der Waals surface area contributed by atoms with Crippen LogP contribution < -0.4 is 16.0 Å². The molecule has 3 aromatic rings. The fourth-order valence-corrected chi connectivity index (χ4v) is 3.43. The van der Waals surface area contributed by atoms with Gasteiger partial charge in [0, 0.05) is 19.2 Å². The van der Waals surface area contributed by atoms with Crippen LogP contribution in [0.4, 0.5) is 21.7 Å². The van der Waals surface area contributed by atoms with Crippen molar-refractivity contribution in [3.8, 4) is 6.07 Å². The summed E-state index contributed by atoms with van der Waals surface area (Å²) < 4.78 is 13.9. The molecule has 0 bridgehead atoms. The normalized spacial score (nSPS) is 15.4. The number of nitrogens with one attached hydrogen (secondary N) is 3. The third-order valence-corrected chi connectivity index (χ3v) is 4.96. The predicted octanol–water partition coefficient (Wildman–Crippen LogP) is 3.70. The molecule has 8 nitrogen and oxygen atoms in total. The van der Waals surface area contributed by atoms with Gasteiger partial charge in [-0.2, -0.15) is 10.2 Å². The second-order valence-electron chi connectivity index (χ2n) is 7.25. The maximum atomic E-state index is 13.9. The number of carbonyl (C=O) groups is 1. The Labute approximate surface area is 184 Å². The predicted molar refractivity (Wildman–Crippen MR) is 118 cm³/mol. The Hall–Kier alpha value is -4.16. The van der Waals surface area contributed by atoms with E-state index >= 15 is 0 Å². The molecule has 0 saturated carbocycles. The molecule has 1 aromatic heterocycles. The Bertz CT molecular complexity index is 1220. The molecule has 2 heterocycles. The highest BCUT2D eigenvalue weighted by atomic mass is 19.1. The van der Waals surface area contributed by atoms with Gasteiger partial charge in [-0.25, -0.2) is 14.4 Å². The van der Waals surface area contributed by atoms with E-state index in [1.54, 1.807) is 12.1 Å². The smallest absolute Gasteiger partial charge is 0.230 e. The van der Waals surface area contributed by atoms with Gasteiger partial charge >= 0.3 is 0 Å². The van der Waals surface area contributed by atoms with E-state index < -0.39 is 5.82 Å². The lowest BCUT2D eigenvalue weighted by atomic mass is 9.94. The van der Waals surface area contributed by atoms with Gasteiger partial charge in [0.2, 0.25) is 11.9 Å². The lowest BCUT2D eigenvalue weighted by Gasteiger charge is -2.23. The maximum Gasteiger partial charge on any atom is 0.230 e. The summed E-state index contributed by atoms with van der Waals surface area (Å²) in [5.41, 5.74) is 3.42. The van der Waals surface area contributed by atoms with E-state index in [0.29, 0.717) is 36.0 Å². The quantitative estimate of drug-likeness (QED) is 0.566. The lowest BCUT2D eigenvalue weighted by molar-refractivity contribution is -0.114. The molecule has 0 radical (unpaired) electrons. The van der Waals surface area contributed by atoms with E-state index in [0.717, 1.165) is 11.1 Å². The Kier molecular flexibility index (Phi) is 6.14. The number of nitriles is 1. The second kappa shape index (κ2) is 9.32. The third-order valence-electron chi connectivity index (χ3n) is 4.96. The number of nitrogens with zero attached hydrogens (tertiary/aromatic N) is 4. The first-order valence-corrected chi connectivity index (χ1v) is 9.98. The van der Waals surface area contributed by atoms with E-state index in [1.807, 2.05) is 12.1 Å². The van der Waals surface area contributed by atoms with Gasteiger partial charge in [-0.05, 0) is 47.9 Å². The molecule has 1 unspecified atom stereocenters. The molecule has 1 aliphatic heterocycles. The van der Waals surface area contributed by atoms with Crippen LogP contribution in [0.15, 0.2) is 54.9 Å². The zero-order chi connectivity index (χ0) is 22.5. The lowest BCUT2D eigenvalue weighted by Crippen LogP contribution is -2.27. The first-order valence-electron chi connectivity index (χ1n) is 9.98. The molecule has 3 N–H and O–H groups in total. The maximum absolute atomic E-state index is 13.9. The standard InChI is InChI=1S/C23H20FN7O/c1-14(32)29-20-11-18(6-7-19(20)24)30-23-28-13-27-22(31-23)21-10-17(8-9-26-21)16-4-2-15(12-25)3-5-16/h2-8,11,13,21,26H,9-10H2,1H3,(H,29,32)(H,27,28,30,31). The van der Waals surface area contributed by atoms with Gasteiger partial charge in [-0.1, -0.05) is 18.2 Å². The number of hydrogen-bond donors (Lipinski definition) is 3. The van der Waals surface area contributed by atoms with E-state index in [4.69, 9.17) is 5.26 Å². The zero-order valence-electron chi connectivity index (χ0n) is 17.3. The van der Waals surface area contributed by atoms with Crippen LogP contribution in [0.3, 0.4) is 0 Å². The highest BCUT2D eigenvalue weighted by Gasteiger charge is 2.21. The Morgan fingerprint density at radius 2 is 2.03 bits per heavy atom. The van der Waals surface area contributed by atoms with Crippen LogP contribution >= 0.6 is 0 Å². The molecule has 0 aliphatic carbocycles. The average Bonchev–Trinajstić information content (AvgIpc) is 2.81. The summed E-state index contributed by atoms with van der Waals surface area (Å²) in [4.78, 5) is 24.2. The van der Waals surface area contributed by atoms with Crippen LogP contribution in [0.25, 0.3) is 5.57 Å². The van der Waals surface area contributed by atoms with E-state index in [2.05, 4.69) is 43.0 Å². The molecule has 0 saturated heterocycles. The van der Waals surface area contributed by atoms with Crippen molar-refractivity contribution in [2.45, 2.75) is 19.4 Å². The molecule has 4 rings (SSSR count). The minimum atomic E-state index is -0.532. The van der Waals surface area contributed by atoms with Crippen molar-refractivity contribution in [3.05, 3.63) is 77.6 Å². The van der Waals surface area contributed by atoms with Gasteiger partial charge < -0.3 is 16.0 Å². The minimum absolute atomic E-state index is 0.0722. The molecule has 1 amide bonds. The Balaban J connectivity index is 1.50. The zero-order valence-corrected chi connectivity index (χ0v) is 17.3. The molecule has 1 atom stereocenters. The van der Waals surface area contributed by atoms with E-state index in [9.17, 15) is 9.18 Å². The Morgan fingerprint density at radius 1 is 1.22 bits per heavy atom. The van der Waals surface area contributed by atoms with Crippen molar-refractivity contribution in [1.82, 2.24) is 20.3 Å². The van der Waals surface area contributed by atoms with E-state index in [1.165, 1.54) is 31.5 Å². The van der Waals surface area contributed by atoms with Crippen LogP contribution in [0.2, 0.25) is 0 Å². The number of hydrogen-bond acceptors (Lipinski definition) is 7. The molecular weight excluding hydrogens is 409 g/mol. The largest absolute Gasteiger partial charge is 0.324 e. The number of carbonyl (C=O) groups excluding carboxylic acids is 1. The van der Waals surface area contributed by atoms with E-state index in [-0.39, 0.29) is 17.6 Å². The molecule has 160 valence electrons. The van der Waals surface area contributed by atoms with Gasteiger partial charge in [-0.15, -0.1) is 0 Å². The fraction of sp³-hybridized carbons (Fsp3) is 0.174. The van der Waals surface area contributed by atoms with Gasteiger partial charge in [0.25, 0.3) is 0 Å². The van der Waals surface area contributed by atoms with Crippen molar-refractivity contribution >= 4 is 28.8 Å². The van der Waals surface area contributed by atoms with Crippen LogP contribution in [0.1, 0.15) is 36.3 Å². The number of halogens is 1. The van der Waals surface area contributed by atoms with Crippen LogP contribution in [-0.4, -0.2) is 27.4 Å². The van der Waals surface area contributed by atoms with Gasteiger partial charge in [0.1, 0.15) is 12.1 Å². The average molecular weight is 429 g/mol. The summed E-state index contributed by atoms with van der Waals surface area (Å²) in [6, 6.07) is 13.8. The third kappa shape index (κ3) is 4.94. The topological polar surface area (TPSA) is 116 Å². The summed E-state index contributed by atoms with van der Waals surface area (Å²) in [6.07, 6.45) is 4.21. The molecule has 0 fully saturated rings. The first kappa shape index (κ1) is 21.1. The SMILES string of the molecule is CC(=O)Nc1cc(Nc2ncnc(C3CC(c4ccc(C#N)cc4)=CCN3)n2)ccc1F. The molecule has 32 heavy (non-hydrogen) atoms. The highest BCUT2D eigenvalue weighted by molar-refractivity contribution is 5.89. The van der Waals surface area contributed by atoms with Gasteiger partial charge in [-0.3, -0.25) is 4.79 Å². The monoisotopic (exact) mass is 429 g/mol. The number of benzene rings is 2. The minimum Gasteiger partial charge on any atom is -0.324 e. The van der Waals surface area contributed by atoms with Crippen molar-refractivity contribution in [2.24, 2.45) is 0 Å². The molecule has 9 heteroatoms. The molecule has 0 spiro atoms. The second-order valence-corrected chi connectivity index (χ2v) is 7.25. The van der Waals surface area contributed by atoms with Crippen LogP contribution in [-0.2, 0) is 4.79 Å². The summed E-state index contributed by atoms with van der Waals surface area (Å²) in [6.45, 7) is 1.97. The highest BCUT2D eigenvalue weighted by Crippen LogP contribution is 2.29. The molecular formula is C23H20FN7O. The summed E-state index contributed by atoms with van der Waals surface area (Å²) >= 11 is 0. The number of rotatable bonds is 5. The summed E-state index contributed by atoms with van der Waals surface area (Å²) in [5.74, 6) is -0.00814. The van der Waals surface area contributed by atoms with Crippen molar-refractivity contribution in [2.75, 3.05) is 17.2 Å². The number of aromatic nitrogens is 3. The number of anilines is 3. The van der Waals surface area contributed by atoms with Crippen molar-refractivity contribution in [3.63, 3.8) is 0 Å². The van der Waals surface area contributed by atoms with Gasteiger partial charge in [0.05, 0.1) is 23.4 Å². The Morgan fingerprint density at radius 3 is 2.78 bits per heavy atom. The fourth-order valence-electron chi connectivity index (χ4n) is 3.43. The van der Waals surface area contributed by atoms with Crippen molar-refractivity contribution < 1.29 is 9.18 Å². The molecule has 2 aromatic carbocycles. The first-order chi connectivity index (χ1) is 15.5. The van der Waals surface area contributed by atoms with Crippen LogP contribution in [0.5, 0.6) is 0 Å². The summed E-state index contributed by atoms with van der Waals surface area (Å²) in [7, 11) is 0. The molecule has 1 aliphatic rings. The summed E-state index contributed by atoms with van der Waals surface area (Å²) in [5, 5.41) is 17.8. The van der Waals surface area contributed by atoms with Crippen molar-refractivity contribution in [1.29, 1.82) is 5.26 Å².